The maximum Gasteiger partial charge on any atom is 0.413 e. The van der Waals surface area contributed by atoms with Gasteiger partial charge in [0, 0.05) is 19.3 Å². The Morgan fingerprint density at radius 3 is 2.62 bits per heavy atom. The standard InChI is InChI=1S/C17H22N4O3/c1-3-24-17(23)21(10-9-18)12-15(11-19)16(22)20-13(2)14-7-5-4-6-8-14/h4-8,12-13H,3,9-10,18H2,1-2H3,(H,20,22)/b15-12-. The van der Waals surface area contributed by atoms with E-state index in [0.29, 0.717) is 0 Å². The van der Waals surface area contributed by atoms with Gasteiger partial charge in [0.25, 0.3) is 5.91 Å². The molecular formula is C17H22N4O3. The molecule has 0 aliphatic rings. The number of amides is 2. The fourth-order valence-corrected chi connectivity index (χ4v) is 1.95. The monoisotopic (exact) mass is 330 g/mol. The summed E-state index contributed by atoms with van der Waals surface area (Å²) in [6.45, 7) is 3.99. The zero-order valence-electron chi connectivity index (χ0n) is 13.9. The average molecular weight is 330 g/mol. The maximum absolute atomic E-state index is 12.3. The smallest absolute Gasteiger partial charge is 0.413 e. The molecule has 0 aliphatic heterocycles. The maximum atomic E-state index is 12.3. The first kappa shape index (κ1) is 19.2. The van der Waals surface area contributed by atoms with E-state index < -0.39 is 12.0 Å². The van der Waals surface area contributed by atoms with Crippen molar-refractivity contribution in [3.05, 3.63) is 47.7 Å². The van der Waals surface area contributed by atoms with Crippen molar-refractivity contribution in [2.45, 2.75) is 19.9 Å². The Balaban J connectivity index is 2.87. The van der Waals surface area contributed by atoms with Gasteiger partial charge in [-0.05, 0) is 19.4 Å². The highest BCUT2D eigenvalue weighted by Crippen LogP contribution is 2.12. The van der Waals surface area contributed by atoms with Crippen molar-refractivity contribution in [2.75, 3.05) is 19.7 Å². The van der Waals surface area contributed by atoms with E-state index in [1.807, 2.05) is 37.3 Å². The minimum atomic E-state index is -0.653. The highest BCUT2D eigenvalue weighted by Gasteiger charge is 2.18. The number of benzene rings is 1. The first-order valence-corrected chi connectivity index (χ1v) is 7.64. The van der Waals surface area contributed by atoms with Crippen LogP contribution in [0.4, 0.5) is 4.79 Å². The molecule has 0 heterocycles. The minimum absolute atomic E-state index is 0.144. The Hall–Kier alpha value is -2.85. The molecule has 7 heteroatoms. The first-order valence-electron chi connectivity index (χ1n) is 7.64. The van der Waals surface area contributed by atoms with Gasteiger partial charge < -0.3 is 15.8 Å². The lowest BCUT2D eigenvalue weighted by atomic mass is 10.1. The summed E-state index contributed by atoms with van der Waals surface area (Å²) in [5.41, 5.74) is 6.17. The van der Waals surface area contributed by atoms with E-state index in [4.69, 9.17) is 10.5 Å². The second kappa shape index (κ2) is 10.0. The van der Waals surface area contributed by atoms with Crippen molar-refractivity contribution in [1.82, 2.24) is 10.2 Å². The summed E-state index contributed by atoms with van der Waals surface area (Å²) in [4.78, 5) is 25.2. The van der Waals surface area contributed by atoms with Crippen molar-refractivity contribution >= 4 is 12.0 Å². The fourth-order valence-electron chi connectivity index (χ4n) is 1.95. The SMILES string of the molecule is CCOC(=O)N(/C=C(/C#N)C(=O)NC(C)c1ccccc1)CCN. The molecule has 7 nitrogen and oxygen atoms in total. The van der Waals surface area contributed by atoms with Crippen LogP contribution in [0.5, 0.6) is 0 Å². The van der Waals surface area contributed by atoms with Crippen LogP contribution in [0, 0.1) is 11.3 Å². The third-order valence-corrected chi connectivity index (χ3v) is 3.17. The molecule has 128 valence electrons. The Morgan fingerprint density at radius 1 is 1.42 bits per heavy atom. The fraction of sp³-hybridized carbons (Fsp3) is 0.353. The number of rotatable bonds is 7. The second-order valence-corrected chi connectivity index (χ2v) is 4.94. The number of ether oxygens (including phenoxy) is 1. The molecule has 0 saturated carbocycles. The quantitative estimate of drug-likeness (QED) is 0.584. The van der Waals surface area contributed by atoms with E-state index in [-0.39, 0.29) is 31.3 Å². The summed E-state index contributed by atoms with van der Waals surface area (Å²) in [5, 5.41) is 11.9. The first-order chi connectivity index (χ1) is 11.5. The molecule has 1 rings (SSSR count). The zero-order chi connectivity index (χ0) is 17.9. The van der Waals surface area contributed by atoms with Crippen LogP contribution in [0.3, 0.4) is 0 Å². The predicted octanol–water partition coefficient (Wildman–Crippen LogP) is 1.69. The van der Waals surface area contributed by atoms with E-state index >= 15 is 0 Å². The largest absolute Gasteiger partial charge is 0.449 e. The summed E-state index contributed by atoms with van der Waals surface area (Å²) in [6.07, 6.45) is 0.511. The third-order valence-electron chi connectivity index (χ3n) is 3.17. The molecular weight excluding hydrogens is 308 g/mol. The molecule has 0 spiro atoms. The normalized spacial score (nSPS) is 12.0. The molecule has 0 bridgehead atoms. The topological polar surface area (TPSA) is 108 Å². The van der Waals surface area contributed by atoms with Gasteiger partial charge in [0.2, 0.25) is 0 Å². The van der Waals surface area contributed by atoms with Crippen LogP contribution in [0.15, 0.2) is 42.1 Å². The Labute approximate surface area is 141 Å². The molecule has 1 aromatic rings. The third kappa shape index (κ3) is 5.74. The summed E-state index contributed by atoms with van der Waals surface area (Å²) in [7, 11) is 0. The molecule has 3 N–H and O–H groups in total. The van der Waals surface area contributed by atoms with Crippen LogP contribution >= 0.6 is 0 Å². The van der Waals surface area contributed by atoms with E-state index in [1.165, 1.54) is 0 Å². The summed E-state index contributed by atoms with van der Waals surface area (Å²) in [6, 6.07) is 10.9. The Morgan fingerprint density at radius 2 is 2.08 bits per heavy atom. The molecule has 0 aromatic heterocycles. The molecule has 0 fully saturated rings. The zero-order valence-corrected chi connectivity index (χ0v) is 13.9. The van der Waals surface area contributed by atoms with E-state index in [1.54, 1.807) is 13.0 Å². The summed E-state index contributed by atoms with van der Waals surface area (Å²) < 4.78 is 4.88. The highest BCUT2D eigenvalue weighted by molar-refractivity contribution is 5.97. The number of nitrogens with zero attached hydrogens (tertiary/aromatic N) is 2. The van der Waals surface area contributed by atoms with Crippen LogP contribution < -0.4 is 11.1 Å². The van der Waals surface area contributed by atoms with Gasteiger partial charge in [-0.3, -0.25) is 9.69 Å². The molecule has 1 aromatic carbocycles. The van der Waals surface area contributed by atoms with Gasteiger partial charge >= 0.3 is 6.09 Å². The van der Waals surface area contributed by atoms with Gasteiger partial charge in [-0.15, -0.1) is 0 Å². The number of nitriles is 1. The molecule has 24 heavy (non-hydrogen) atoms. The van der Waals surface area contributed by atoms with Crippen molar-refractivity contribution in [1.29, 1.82) is 5.26 Å². The molecule has 0 radical (unpaired) electrons. The lowest BCUT2D eigenvalue weighted by Crippen LogP contribution is -2.34. The molecule has 2 amide bonds. The van der Waals surface area contributed by atoms with Crippen molar-refractivity contribution < 1.29 is 14.3 Å². The van der Waals surface area contributed by atoms with Crippen LogP contribution in [-0.2, 0) is 9.53 Å². The van der Waals surface area contributed by atoms with Crippen LogP contribution in [0.25, 0.3) is 0 Å². The van der Waals surface area contributed by atoms with Gasteiger partial charge in [0.1, 0.15) is 11.6 Å². The number of carbonyl (C=O) groups excluding carboxylic acids is 2. The van der Waals surface area contributed by atoms with E-state index in [2.05, 4.69) is 5.32 Å². The van der Waals surface area contributed by atoms with E-state index in [9.17, 15) is 14.9 Å². The molecule has 1 atom stereocenters. The Kier molecular flexibility index (Phi) is 8.02. The molecule has 0 aliphatic carbocycles. The van der Waals surface area contributed by atoms with Crippen LogP contribution in [0.1, 0.15) is 25.5 Å². The second-order valence-electron chi connectivity index (χ2n) is 4.94. The lowest BCUT2D eigenvalue weighted by Gasteiger charge is -2.18. The predicted molar refractivity (Wildman–Crippen MR) is 89.5 cm³/mol. The number of nitrogens with two attached hydrogens (primary N) is 1. The summed E-state index contributed by atoms with van der Waals surface area (Å²) in [5.74, 6) is -0.569. The minimum Gasteiger partial charge on any atom is -0.449 e. The molecule has 1 unspecified atom stereocenters. The number of hydrogen-bond donors (Lipinski definition) is 2. The van der Waals surface area contributed by atoms with E-state index in [0.717, 1.165) is 16.7 Å². The van der Waals surface area contributed by atoms with Gasteiger partial charge in [0.05, 0.1) is 12.6 Å². The Bertz CT molecular complexity index is 622. The average Bonchev–Trinajstić information content (AvgIpc) is 2.59. The molecule has 0 saturated heterocycles. The van der Waals surface area contributed by atoms with Gasteiger partial charge in [-0.1, -0.05) is 30.3 Å². The van der Waals surface area contributed by atoms with Crippen molar-refractivity contribution in [2.24, 2.45) is 5.73 Å². The number of nitrogens with one attached hydrogen (secondary N) is 1. The summed E-state index contributed by atoms with van der Waals surface area (Å²) >= 11 is 0. The number of hydrogen-bond acceptors (Lipinski definition) is 5. The van der Waals surface area contributed by atoms with Crippen LogP contribution in [-0.4, -0.2) is 36.6 Å². The van der Waals surface area contributed by atoms with Crippen LogP contribution in [0.2, 0.25) is 0 Å². The van der Waals surface area contributed by atoms with Gasteiger partial charge in [0.15, 0.2) is 0 Å². The lowest BCUT2D eigenvalue weighted by molar-refractivity contribution is -0.117. The number of carbonyl (C=O) groups is 2. The van der Waals surface area contributed by atoms with Gasteiger partial charge in [-0.2, -0.15) is 5.26 Å². The van der Waals surface area contributed by atoms with Gasteiger partial charge in [-0.25, -0.2) is 4.79 Å². The van der Waals surface area contributed by atoms with Crippen molar-refractivity contribution in [3.63, 3.8) is 0 Å². The highest BCUT2D eigenvalue weighted by atomic mass is 16.6. The van der Waals surface area contributed by atoms with Crippen molar-refractivity contribution in [3.8, 4) is 6.07 Å².